The molecule has 100 valence electrons. The third-order valence-electron chi connectivity index (χ3n) is 2.89. The van der Waals surface area contributed by atoms with Crippen LogP contribution in [0.3, 0.4) is 0 Å². The lowest BCUT2D eigenvalue weighted by atomic mass is 10.1. The van der Waals surface area contributed by atoms with Crippen molar-refractivity contribution >= 4 is 5.91 Å². The molecule has 0 fully saturated rings. The molecule has 0 saturated heterocycles. The maximum absolute atomic E-state index is 11.7. The number of hydrogen-bond acceptors (Lipinski definition) is 2. The molecule has 0 spiro atoms. The summed E-state index contributed by atoms with van der Waals surface area (Å²) >= 11 is 0. The number of carbonyl (C=O) groups excluding carboxylic acids is 1. The van der Waals surface area contributed by atoms with Crippen LogP contribution in [-0.2, 0) is 4.79 Å². The molecule has 1 unspecified atom stereocenters. The normalized spacial score (nSPS) is 12.0. The highest BCUT2D eigenvalue weighted by Crippen LogP contribution is 2.21. The average molecular weight is 249 g/mol. The van der Waals surface area contributed by atoms with Gasteiger partial charge in [-0.1, -0.05) is 31.5 Å². The molecule has 0 aliphatic carbocycles. The van der Waals surface area contributed by atoms with Gasteiger partial charge in [0, 0.05) is 6.04 Å². The van der Waals surface area contributed by atoms with E-state index >= 15 is 0 Å². The standard InChI is InChI=1S/C15H23NO2/c1-5-7-13(4)16-14(17)10-18-15-11(2)8-6-9-12(15)3/h6,8-9,13H,5,7,10H2,1-4H3,(H,16,17). The van der Waals surface area contributed by atoms with Gasteiger partial charge >= 0.3 is 0 Å². The van der Waals surface area contributed by atoms with Crippen LogP contribution in [0.25, 0.3) is 0 Å². The Morgan fingerprint density at radius 2 is 1.94 bits per heavy atom. The van der Waals surface area contributed by atoms with E-state index in [4.69, 9.17) is 4.74 Å². The van der Waals surface area contributed by atoms with Crippen LogP contribution in [0, 0.1) is 13.8 Å². The van der Waals surface area contributed by atoms with Crippen molar-refractivity contribution < 1.29 is 9.53 Å². The molecule has 0 heterocycles. The maximum atomic E-state index is 11.7. The van der Waals surface area contributed by atoms with E-state index in [1.165, 1.54) is 0 Å². The maximum Gasteiger partial charge on any atom is 0.258 e. The van der Waals surface area contributed by atoms with Crippen LogP contribution in [0.1, 0.15) is 37.8 Å². The van der Waals surface area contributed by atoms with E-state index in [9.17, 15) is 4.79 Å². The molecule has 18 heavy (non-hydrogen) atoms. The Balaban J connectivity index is 2.48. The molecule has 0 aliphatic rings. The number of rotatable bonds is 6. The predicted molar refractivity (Wildman–Crippen MR) is 73.9 cm³/mol. The number of benzene rings is 1. The smallest absolute Gasteiger partial charge is 0.258 e. The highest BCUT2D eigenvalue weighted by atomic mass is 16.5. The van der Waals surface area contributed by atoms with Gasteiger partial charge in [-0.3, -0.25) is 4.79 Å². The molecular formula is C15H23NO2. The first-order valence-electron chi connectivity index (χ1n) is 6.53. The summed E-state index contributed by atoms with van der Waals surface area (Å²) in [5.74, 6) is 0.759. The molecular weight excluding hydrogens is 226 g/mol. The van der Waals surface area contributed by atoms with E-state index in [-0.39, 0.29) is 18.6 Å². The summed E-state index contributed by atoms with van der Waals surface area (Å²) in [7, 11) is 0. The molecule has 1 aromatic carbocycles. The lowest BCUT2D eigenvalue weighted by molar-refractivity contribution is -0.123. The average Bonchev–Trinajstić information content (AvgIpc) is 2.28. The summed E-state index contributed by atoms with van der Waals surface area (Å²) in [6.45, 7) is 8.18. The van der Waals surface area contributed by atoms with E-state index in [1.54, 1.807) is 0 Å². The molecule has 0 aliphatic heterocycles. The Hall–Kier alpha value is -1.51. The highest BCUT2D eigenvalue weighted by Gasteiger charge is 2.09. The number of ether oxygens (including phenoxy) is 1. The lowest BCUT2D eigenvalue weighted by Crippen LogP contribution is -2.36. The summed E-state index contributed by atoms with van der Waals surface area (Å²) in [5, 5.41) is 2.93. The van der Waals surface area contributed by atoms with Gasteiger partial charge in [-0.15, -0.1) is 0 Å². The Kier molecular flexibility index (Phi) is 5.69. The summed E-state index contributed by atoms with van der Waals surface area (Å²) < 4.78 is 5.60. The van der Waals surface area contributed by atoms with Crippen molar-refractivity contribution in [1.82, 2.24) is 5.32 Å². The second kappa shape index (κ2) is 7.04. The van der Waals surface area contributed by atoms with Gasteiger partial charge in [0.25, 0.3) is 5.91 Å². The monoisotopic (exact) mass is 249 g/mol. The molecule has 0 bridgehead atoms. The number of aryl methyl sites for hydroxylation is 2. The van der Waals surface area contributed by atoms with E-state index in [1.807, 2.05) is 39.0 Å². The van der Waals surface area contributed by atoms with Crippen LogP contribution in [-0.4, -0.2) is 18.6 Å². The minimum absolute atomic E-state index is 0.0568. The van der Waals surface area contributed by atoms with Crippen molar-refractivity contribution in [3.8, 4) is 5.75 Å². The third kappa shape index (κ3) is 4.40. The molecule has 1 N–H and O–H groups in total. The van der Waals surface area contributed by atoms with Gasteiger partial charge in [0.05, 0.1) is 0 Å². The van der Waals surface area contributed by atoms with Crippen LogP contribution >= 0.6 is 0 Å². The first kappa shape index (κ1) is 14.6. The van der Waals surface area contributed by atoms with Crippen LogP contribution in [0.5, 0.6) is 5.75 Å². The van der Waals surface area contributed by atoms with E-state index < -0.39 is 0 Å². The Bertz CT molecular complexity index is 381. The van der Waals surface area contributed by atoms with Crippen LogP contribution in [0.2, 0.25) is 0 Å². The van der Waals surface area contributed by atoms with E-state index in [0.717, 1.165) is 29.7 Å². The second-order valence-electron chi connectivity index (χ2n) is 4.77. The molecule has 1 aromatic rings. The van der Waals surface area contributed by atoms with Gasteiger partial charge in [-0.25, -0.2) is 0 Å². The van der Waals surface area contributed by atoms with Crippen molar-refractivity contribution in [2.75, 3.05) is 6.61 Å². The number of hydrogen-bond donors (Lipinski definition) is 1. The molecule has 0 saturated carbocycles. The fraction of sp³-hybridized carbons (Fsp3) is 0.533. The summed E-state index contributed by atoms with van der Waals surface area (Å²) in [4.78, 5) is 11.7. The first-order chi connectivity index (χ1) is 8.54. The summed E-state index contributed by atoms with van der Waals surface area (Å²) in [6, 6.07) is 6.17. The van der Waals surface area contributed by atoms with Gasteiger partial charge in [-0.05, 0) is 38.3 Å². The molecule has 1 atom stereocenters. The highest BCUT2D eigenvalue weighted by molar-refractivity contribution is 5.77. The molecule has 1 amide bonds. The zero-order valence-corrected chi connectivity index (χ0v) is 11.7. The van der Waals surface area contributed by atoms with Gasteiger partial charge in [-0.2, -0.15) is 0 Å². The zero-order valence-electron chi connectivity index (χ0n) is 11.7. The lowest BCUT2D eigenvalue weighted by Gasteiger charge is -2.15. The van der Waals surface area contributed by atoms with Gasteiger partial charge in [0.15, 0.2) is 6.61 Å². The first-order valence-corrected chi connectivity index (χ1v) is 6.53. The topological polar surface area (TPSA) is 38.3 Å². The fourth-order valence-corrected chi connectivity index (χ4v) is 1.99. The summed E-state index contributed by atoms with van der Waals surface area (Å²) in [5.41, 5.74) is 2.12. The predicted octanol–water partition coefficient (Wildman–Crippen LogP) is 2.99. The van der Waals surface area contributed by atoms with Crippen molar-refractivity contribution in [1.29, 1.82) is 0 Å². The van der Waals surface area contributed by atoms with E-state index in [0.29, 0.717) is 0 Å². The molecule has 3 nitrogen and oxygen atoms in total. The number of amides is 1. The molecule has 0 aromatic heterocycles. The molecule has 1 rings (SSSR count). The minimum atomic E-state index is -0.0568. The van der Waals surface area contributed by atoms with Crippen molar-refractivity contribution in [2.24, 2.45) is 0 Å². The van der Waals surface area contributed by atoms with Crippen molar-refractivity contribution in [3.05, 3.63) is 29.3 Å². The van der Waals surface area contributed by atoms with Gasteiger partial charge in [0.2, 0.25) is 0 Å². The summed E-state index contributed by atoms with van der Waals surface area (Å²) in [6.07, 6.45) is 2.06. The fourth-order valence-electron chi connectivity index (χ4n) is 1.99. The second-order valence-corrected chi connectivity index (χ2v) is 4.77. The minimum Gasteiger partial charge on any atom is -0.483 e. The van der Waals surface area contributed by atoms with Crippen molar-refractivity contribution in [3.63, 3.8) is 0 Å². The quantitative estimate of drug-likeness (QED) is 0.841. The van der Waals surface area contributed by atoms with Gasteiger partial charge in [0.1, 0.15) is 5.75 Å². The largest absolute Gasteiger partial charge is 0.483 e. The SMILES string of the molecule is CCCC(C)NC(=O)COc1c(C)cccc1C. The third-order valence-corrected chi connectivity index (χ3v) is 2.89. The number of nitrogens with one attached hydrogen (secondary N) is 1. The number of para-hydroxylation sites is 1. The molecule has 0 radical (unpaired) electrons. The van der Waals surface area contributed by atoms with E-state index in [2.05, 4.69) is 12.2 Å². The van der Waals surface area contributed by atoms with Crippen LogP contribution in [0.15, 0.2) is 18.2 Å². The molecule has 3 heteroatoms. The Morgan fingerprint density at radius 3 is 2.50 bits per heavy atom. The van der Waals surface area contributed by atoms with Crippen LogP contribution in [0.4, 0.5) is 0 Å². The van der Waals surface area contributed by atoms with Crippen molar-refractivity contribution in [2.45, 2.75) is 46.6 Å². The Morgan fingerprint density at radius 1 is 1.33 bits per heavy atom. The zero-order chi connectivity index (χ0) is 13.5. The van der Waals surface area contributed by atoms with Crippen LogP contribution < -0.4 is 10.1 Å². The Labute approximate surface area is 110 Å². The number of carbonyl (C=O) groups is 1. The van der Waals surface area contributed by atoms with Gasteiger partial charge < -0.3 is 10.1 Å².